The molecule has 3 heterocycles. The van der Waals surface area contributed by atoms with Crippen molar-refractivity contribution < 1.29 is 0 Å². The Morgan fingerprint density at radius 1 is 0.964 bits per heavy atom. The Bertz CT molecular complexity index is 1040. The molecule has 0 amide bonds. The number of rotatable bonds is 4. The van der Waals surface area contributed by atoms with Gasteiger partial charge in [0.2, 0.25) is 0 Å². The van der Waals surface area contributed by atoms with Crippen molar-refractivity contribution in [2.75, 3.05) is 13.1 Å². The standard InChI is InChI=1S/C24H24N4/c1-2-7-19(8-3-1)17-27-13-5-11-22(18-27)20-9-4-10-21(15-20)23-16-24-25-12-6-14-28(24)26-23/h1-4,6-10,12,14-16,22H,5,11,13,17-18H2. The first-order valence-electron chi connectivity index (χ1n) is 10.0. The lowest BCUT2D eigenvalue weighted by molar-refractivity contribution is 0.200. The average Bonchev–Trinajstić information content (AvgIpc) is 3.19. The van der Waals surface area contributed by atoms with Crippen LogP contribution in [0.3, 0.4) is 0 Å². The van der Waals surface area contributed by atoms with Crippen LogP contribution < -0.4 is 0 Å². The van der Waals surface area contributed by atoms with Crippen molar-refractivity contribution in [2.24, 2.45) is 0 Å². The van der Waals surface area contributed by atoms with Crippen molar-refractivity contribution in [3.63, 3.8) is 0 Å². The Labute approximate surface area is 165 Å². The van der Waals surface area contributed by atoms with E-state index in [1.807, 2.05) is 16.8 Å². The molecule has 140 valence electrons. The van der Waals surface area contributed by atoms with E-state index in [0.29, 0.717) is 5.92 Å². The van der Waals surface area contributed by atoms with Crippen LogP contribution in [0.2, 0.25) is 0 Å². The number of hydrogen-bond acceptors (Lipinski definition) is 3. The van der Waals surface area contributed by atoms with Gasteiger partial charge < -0.3 is 0 Å². The van der Waals surface area contributed by atoms with Gasteiger partial charge in [0.15, 0.2) is 5.65 Å². The van der Waals surface area contributed by atoms with E-state index in [-0.39, 0.29) is 0 Å². The minimum atomic E-state index is 0.576. The fraction of sp³-hybridized carbons (Fsp3) is 0.250. The molecule has 5 rings (SSSR count). The molecule has 0 aliphatic carbocycles. The van der Waals surface area contributed by atoms with Gasteiger partial charge in [-0.15, -0.1) is 0 Å². The third-order valence-electron chi connectivity index (χ3n) is 5.64. The van der Waals surface area contributed by atoms with Crippen molar-refractivity contribution in [1.82, 2.24) is 19.5 Å². The van der Waals surface area contributed by atoms with Gasteiger partial charge in [-0.2, -0.15) is 5.10 Å². The van der Waals surface area contributed by atoms with E-state index in [1.165, 1.54) is 36.1 Å². The van der Waals surface area contributed by atoms with Gasteiger partial charge in [-0.1, -0.05) is 48.5 Å². The van der Waals surface area contributed by atoms with Gasteiger partial charge in [0.05, 0.1) is 5.69 Å². The highest BCUT2D eigenvalue weighted by Crippen LogP contribution is 2.30. The molecule has 1 aliphatic heterocycles. The first kappa shape index (κ1) is 17.1. The van der Waals surface area contributed by atoms with Crippen LogP contribution >= 0.6 is 0 Å². The van der Waals surface area contributed by atoms with Gasteiger partial charge in [0.25, 0.3) is 0 Å². The molecule has 1 saturated heterocycles. The topological polar surface area (TPSA) is 33.4 Å². The van der Waals surface area contributed by atoms with Crippen molar-refractivity contribution in [1.29, 1.82) is 0 Å². The van der Waals surface area contributed by atoms with E-state index in [1.54, 1.807) is 6.20 Å². The first-order valence-corrected chi connectivity index (χ1v) is 10.0. The second-order valence-corrected chi connectivity index (χ2v) is 7.64. The zero-order valence-corrected chi connectivity index (χ0v) is 15.9. The summed E-state index contributed by atoms with van der Waals surface area (Å²) < 4.78 is 1.84. The van der Waals surface area contributed by atoms with Gasteiger partial charge in [0, 0.05) is 37.1 Å². The molecule has 1 atom stereocenters. The molecule has 1 fully saturated rings. The summed E-state index contributed by atoms with van der Waals surface area (Å²) >= 11 is 0. The molecular formula is C24H24N4. The van der Waals surface area contributed by atoms with E-state index >= 15 is 0 Å². The van der Waals surface area contributed by atoms with Gasteiger partial charge in [-0.05, 0) is 48.6 Å². The Morgan fingerprint density at radius 2 is 1.89 bits per heavy atom. The molecule has 4 nitrogen and oxygen atoms in total. The van der Waals surface area contributed by atoms with Crippen LogP contribution in [-0.4, -0.2) is 32.6 Å². The summed E-state index contributed by atoms with van der Waals surface area (Å²) in [6, 6.07) is 23.7. The minimum absolute atomic E-state index is 0.576. The normalized spacial score (nSPS) is 17.8. The maximum absolute atomic E-state index is 4.68. The largest absolute Gasteiger partial charge is 0.298 e. The molecule has 0 spiro atoms. The summed E-state index contributed by atoms with van der Waals surface area (Å²) in [6.07, 6.45) is 6.25. The Hall–Kier alpha value is -2.98. The predicted octanol–water partition coefficient (Wildman–Crippen LogP) is 4.78. The molecule has 4 aromatic rings. The Morgan fingerprint density at radius 3 is 2.79 bits per heavy atom. The molecule has 2 aromatic heterocycles. The molecule has 2 aromatic carbocycles. The molecule has 0 radical (unpaired) electrons. The maximum atomic E-state index is 4.68. The van der Waals surface area contributed by atoms with Crippen LogP contribution in [0.5, 0.6) is 0 Å². The van der Waals surface area contributed by atoms with Crippen LogP contribution in [0.1, 0.15) is 29.9 Å². The summed E-state index contributed by atoms with van der Waals surface area (Å²) in [5.74, 6) is 0.576. The Balaban J connectivity index is 1.36. The van der Waals surface area contributed by atoms with E-state index in [0.717, 1.165) is 24.4 Å². The average molecular weight is 368 g/mol. The number of likely N-dealkylation sites (tertiary alicyclic amines) is 1. The minimum Gasteiger partial charge on any atom is -0.298 e. The highest BCUT2D eigenvalue weighted by Gasteiger charge is 2.22. The molecule has 28 heavy (non-hydrogen) atoms. The smallest absolute Gasteiger partial charge is 0.155 e. The second kappa shape index (κ2) is 7.56. The molecule has 1 aliphatic rings. The highest BCUT2D eigenvalue weighted by atomic mass is 15.2. The van der Waals surface area contributed by atoms with E-state index in [4.69, 9.17) is 0 Å². The molecule has 0 N–H and O–H groups in total. The van der Waals surface area contributed by atoms with E-state index in [9.17, 15) is 0 Å². The summed E-state index contributed by atoms with van der Waals surface area (Å²) in [6.45, 7) is 3.34. The molecule has 0 bridgehead atoms. The van der Waals surface area contributed by atoms with Crippen molar-refractivity contribution in [3.05, 3.63) is 90.3 Å². The van der Waals surface area contributed by atoms with Crippen LogP contribution in [0.15, 0.2) is 79.1 Å². The van der Waals surface area contributed by atoms with E-state index < -0.39 is 0 Å². The number of fused-ring (bicyclic) bond motifs is 1. The second-order valence-electron chi connectivity index (χ2n) is 7.64. The molecular weight excluding hydrogens is 344 g/mol. The van der Waals surface area contributed by atoms with Crippen molar-refractivity contribution in [3.8, 4) is 11.3 Å². The maximum Gasteiger partial charge on any atom is 0.155 e. The quantitative estimate of drug-likeness (QED) is 0.520. The SMILES string of the molecule is c1ccc(CN2CCCC(c3cccc(-c4cc5ncccn5n4)c3)C2)cc1. The van der Waals surface area contributed by atoms with Gasteiger partial charge in [-0.25, -0.2) is 9.50 Å². The summed E-state index contributed by atoms with van der Waals surface area (Å²) in [4.78, 5) is 6.97. The summed E-state index contributed by atoms with van der Waals surface area (Å²) in [5, 5.41) is 4.68. The third kappa shape index (κ3) is 3.56. The fourth-order valence-corrected chi connectivity index (χ4v) is 4.24. The zero-order chi connectivity index (χ0) is 18.8. The number of benzene rings is 2. The summed E-state index contributed by atoms with van der Waals surface area (Å²) in [7, 11) is 0. The monoisotopic (exact) mass is 368 g/mol. The predicted molar refractivity (Wildman–Crippen MR) is 112 cm³/mol. The van der Waals surface area contributed by atoms with Crippen LogP contribution in [-0.2, 0) is 6.54 Å². The molecule has 1 unspecified atom stereocenters. The van der Waals surface area contributed by atoms with Crippen LogP contribution in [0, 0.1) is 0 Å². The van der Waals surface area contributed by atoms with Crippen molar-refractivity contribution >= 4 is 5.65 Å². The van der Waals surface area contributed by atoms with Gasteiger partial charge in [0.1, 0.15) is 0 Å². The summed E-state index contributed by atoms with van der Waals surface area (Å²) in [5.41, 5.74) is 5.85. The number of hydrogen-bond donors (Lipinski definition) is 0. The lowest BCUT2D eigenvalue weighted by Gasteiger charge is -2.33. The lowest BCUT2D eigenvalue weighted by Crippen LogP contribution is -2.33. The number of aromatic nitrogens is 3. The van der Waals surface area contributed by atoms with Crippen LogP contribution in [0.25, 0.3) is 16.9 Å². The number of nitrogens with zero attached hydrogens (tertiary/aromatic N) is 4. The van der Waals surface area contributed by atoms with Gasteiger partial charge >= 0.3 is 0 Å². The molecule has 4 heteroatoms. The lowest BCUT2D eigenvalue weighted by atomic mass is 9.89. The first-order chi connectivity index (χ1) is 13.8. The Kier molecular flexibility index (Phi) is 4.63. The van der Waals surface area contributed by atoms with E-state index in [2.05, 4.69) is 75.6 Å². The van der Waals surface area contributed by atoms with Crippen LogP contribution in [0.4, 0.5) is 0 Å². The van der Waals surface area contributed by atoms with Crippen molar-refractivity contribution in [2.45, 2.75) is 25.3 Å². The molecule has 0 saturated carbocycles. The number of piperidine rings is 1. The zero-order valence-electron chi connectivity index (χ0n) is 15.9. The highest BCUT2D eigenvalue weighted by molar-refractivity contribution is 5.64. The van der Waals surface area contributed by atoms with Gasteiger partial charge in [-0.3, -0.25) is 4.90 Å². The third-order valence-corrected chi connectivity index (χ3v) is 5.64. The fourth-order valence-electron chi connectivity index (χ4n) is 4.24.